The molecule has 0 unspecified atom stereocenters. The minimum absolute atomic E-state index is 0.0311. The molecule has 1 amide bonds. The Balaban J connectivity index is 1.77. The smallest absolute Gasteiger partial charge is 0.310 e. The van der Waals surface area contributed by atoms with Crippen molar-refractivity contribution in [3.05, 3.63) is 50.5 Å². The van der Waals surface area contributed by atoms with Gasteiger partial charge in [-0.15, -0.1) is 0 Å². The fraction of sp³-hybridized carbons (Fsp3) is 0.350. The second-order valence-corrected chi connectivity index (χ2v) is 8.02. The van der Waals surface area contributed by atoms with Crippen molar-refractivity contribution in [2.75, 3.05) is 25.5 Å². The predicted molar refractivity (Wildman–Crippen MR) is 114 cm³/mol. The van der Waals surface area contributed by atoms with Crippen molar-refractivity contribution in [1.29, 1.82) is 0 Å². The van der Waals surface area contributed by atoms with E-state index in [0.29, 0.717) is 23.9 Å². The zero-order chi connectivity index (χ0) is 21.7. The van der Waals surface area contributed by atoms with Crippen LogP contribution in [0.3, 0.4) is 0 Å². The van der Waals surface area contributed by atoms with Crippen LogP contribution in [0.5, 0.6) is 0 Å². The summed E-state index contributed by atoms with van der Waals surface area (Å²) in [6.45, 7) is 3.42. The number of esters is 1. The molecule has 0 saturated carbocycles. The Labute approximate surface area is 177 Å². The van der Waals surface area contributed by atoms with Gasteiger partial charge in [-0.2, -0.15) is 0 Å². The molecule has 2 aromatic rings. The predicted octanol–water partition coefficient (Wildman–Crippen LogP) is 3.18. The Morgan fingerprint density at radius 1 is 1.37 bits per heavy atom. The lowest BCUT2D eigenvalue weighted by Crippen LogP contribution is -2.23. The number of amides is 1. The second kappa shape index (κ2) is 9.59. The summed E-state index contributed by atoms with van der Waals surface area (Å²) < 4.78 is 4.84. The molecule has 1 saturated heterocycles. The van der Waals surface area contributed by atoms with Gasteiger partial charge in [-0.25, -0.2) is 4.98 Å². The summed E-state index contributed by atoms with van der Waals surface area (Å²) in [6, 6.07) is 6.22. The summed E-state index contributed by atoms with van der Waals surface area (Å²) in [5.41, 5.74) is 1.54. The highest BCUT2D eigenvalue weighted by atomic mass is 32.1. The molecular weight excluding hydrogens is 408 g/mol. The minimum Gasteiger partial charge on any atom is -0.469 e. The van der Waals surface area contributed by atoms with Gasteiger partial charge in [0.1, 0.15) is 0 Å². The van der Waals surface area contributed by atoms with E-state index >= 15 is 0 Å². The Bertz CT molecular complexity index is 970. The van der Waals surface area contributed by atoms with Gasteiger partial charge in [-0.3, -0.25) is 24.6 Å². The molecule has 1 aromatic heterocycles. The van der Waals surface area contributed by atoms with Crippen molar-refractivity contribution in [2.24, 2.45) is 5.92 Å². The van der Waals surface area contributed by atoms with Crippen LogP contribution in [0, 0.1) is 16.0 Å². The molecule has 1 fully saturated rings. The molecule has 158 valence electrons. The van der Waals surface area contributed by atoms with E-state index in [4.69, 9.17) is 4.74 Å². The van der Waals surface area contributed by atoms with Crippen molar-refractivity contribution in [2.45, 2.75) is 19.9 Å². The molecule has 0 spiro atoms. The molecule has 2 heterocycles. The number of nitro groups is 1. The SMILES string of the molecule is COC(=O)[C@H]1CCN(Cc2sc(NC(C)=O)nc2C=Cc2ccc([N+](=O)[O-])cc2)C1. The van der Waals surface area contributed by atoms with E-state index < -0.39 is 4.92 Å². The highest BCUT2D eigenvalue weighted by Gasteiger charge is 2.29. The topological polar surface area (TPSA) is 115 Å². The van der Waals surface area contributed by atoms with Gasteiger partial charge < -0.3 is 10.1 Å². The number of ether oxygens (including phenoxy) is 1. The Morgan fingerprint density at radius 2 is 2.10 bits per heavy atom. The molecule has 0 radical (unpaired) electrons. The van der Waals surface area contributed by atoms with Crippen LogP contribution >= 0.6 is 11.3 Å². The molecule has 1 atom stereocenters. The van der Waals surface area contributed by atoms with E-state index in [1.165, 1.54) is 37.5 Å². The maximum Gasteiger partial charge on any atom is 0.310 e. The Kier molecular flexibility index (Phi) is 6.91. The lowest BCUT2D eigenvalue weighted by molar-refractivity contribution is -0.384. The average molecular weight is 430 g/mol. The number of nitro benzene ring substituents is 1. The number of hydrogen-bond donors (Lipinski definition) is 1. The highest BCUT2D eigenvalue weighted by Crippen LogP contribution is 2.29. The van der Waals surface area contributed by atoms with Crippen molar-refractivity contribution in [3.8, 4) is 0 Å². The Morgan fingerprint density at radius 3 is 2.73 bits per heavy atom. The molecule has 3 rings (SSSR count). The summed E-state index contributed by atoms with van der Waals surface area (Å²) in [4.78, 5) is 41.2. The van der Waals surface area contributed by atoms with E-state index in [-0.39, 0.29) is 23.5 Å². The van der Waals surface area contributed by atoms with E-state index in [1.807, 2.05) is 12.2 Å². The summed E-state index contributed by atoms with van der Waals surface area (Å²) >= 11 is 1.39. The first-order valence-electron chi connectivity index (χ1n) is 9.35. The van der Waals surface area contributed by atoms with Crippen LogP contribution in [0.1, 0.15) is 29.5 Å². The number of carbonyl (C=O) groups is 2. The highest BCUT2D eigenvalue weighted by molar-refractivity contribution is 7.16. The number of carbonyl (C=O) groups excluding carboxylic acids is 2. The molecule has 1 aliphatic heterocycles. The van der Waals surface area contributed by atoms with Gasteiger partial charge in [0, 0.05) is 37.0 Å². The monoisotopic (exact) mass is 430 g/mol. The summed E-state index contributed by atoms with van der Waals surface area (Å²) in [7, 11) is 1.40. The van der Waals surface area contributed by atoms with Crippen molar-refractivity contribution in [1.82, 2.24) is 9.88 Å². The molecule has 9 nitrogen and oxygen atoms in total. The molecule has 1 aromatic carbocycles. The summed E-state index contributed by atoms with van der Waals surface area (Å²) in [5.74, 6) is -0.524. The van der Waals surface area contributed by atoms with E-state index in [2.05, 4.69) is 15.2 Å². The number of nitrogens with one attached hydrogen (secondary N) is 1. The average Bonchev–Trinajstić information content (AvgIpc) is 3.33. The van der Waals surface area contributed by atoms with Gasteiger partial charge in [-0.1, -0.05) is 17.4 Å². The van der Waals surface area contributed by atoms with Gasteiger partial charge in [0.25, 0.3) is 5.69 Å². The zero-order valence-corrected chi connectivity index (χ0v) is 17.5. The first kappa shape index (κ1) is 21.6. The maximum atomic E-state index is 11.8. The fourth-order valence-corrected chi connectivity index (χ4v) is 4.27. The molecule has 1 N–H and O–H groups in total. The zero-order valence-electron chi connectivity index (χ0n) is 16.7. The third kappa shape index (κ3) is 5.49. The van der Waals surface area contributed by atoms with Gasteiger partial charge in [-0.05, 0) is 36.7 Å². The van der Waals surface area contributed by atoms with Gasteiger partial charge in [0.15, 0.2) is 5.13 Å². The summed E-state index contributed by atoms with van der Waals surface area (Å²) in [6.07, 6.45) is 4.39. The van der Waals surface area contributed by atoms with Crippen LogP contribution in [0.25, 0.3) is 12.2 Å². The van der Waals surface area contributed by atoms with E-state index in [0.717, 1.165) is 23.4 Å². The van der Waals surface area contributed by atoms with Crippen molar-refractivity contribution in [3.63, 3.8) is 0 Å². The van der Waals surface area contributed by atoms with Crippen LogP contribution in [-0.2, 0) is 20.9 Å². The number of rotatable bonds is 7. The summed E-state index contributed by atoms with van der Waals surface area (Å²) in [5, 5.41) is 14.0. The van der Waals surface area contributed by atoms with Crippen LogP contribution in [0.2, 0.25) is 0 Å². The number of likely N-dealkylation sites (tertiary alicyclic amines) is 1. The van der Waals surface area contributed by atoms with Crippen molar-refractivity contribution >= 4 is 46.2 Å². The normalized spacial score (nSPS) is 16.7. The molecule has 0 bridgehead atoms. The Hall–Kier alpha value is -3.11. The lowest BCUT2D eigenvalue weighted by Gasteiger charge is -2.14. The van der Waals surface area contributed by atoms with Crippen LogP contribution in [-0.4, -0.2) is 46.9 Å². The number of non-ortho nitro benzene ring substituents is 1. The number of benzene rings is 1. The molecule has 30 heavy (non-hydrogen) atoms. The largest absolute Gasteiger partial charge is 0.469 e. The number of anilines is 1. The number of nitrogens with zero attached hydrogens (tertiary/aromatic N) is 3. The van der Waals surface area contributed by atoms with E-state index in [1.54, 1.807) is 12.1 Å². The third-order valence-electron chi connectivity index (χ3n) is 4.72. The number of aromatic nitrogens is 1. The number of hydrogen-bond acceptors (Lipinski definition) is 8. The third-order valence-corrected chi connectivity index (χ3v) is 5.69. The van der Waals surface area contributed by atoms with Gasteiger partial charge >= 0.3 is 5.97 Å². The maximum absolute atomic E-state index is 11.8. The van der Waals surface area contributed by atoms with Crippen LogP contribution in [0.4, 0.5) is 10.8 Å². The first-order chi connectivity index (χ1) is 14.4. The van der Waals surface area contributed by atoms with Crippen LogP contribution in [0.15, 0.2) is 24.3 Å². The fourth-order valence-electron chi connectivity index (χ4n) is 3.23. The molecule has 1 aliphatic rings. The number of methoxy groups -OCH3 is 1. The lowest BCUT2D eigenvalue weighted by atomic mass is 10.1. The van der Waals surface area contributed by atoms with Crippen LogP contribution < -0.4 is 5.32 Å². The van der Waals surface area contributed by atoms with Gasteiger partial charge in [0.05, 0.1) is 23.6 Å². The van der Waals surface area contributed by atoms with E-state index in [9.17, 15) is 19.7 Å². The standard InChI is InChI=1S/C20H22N4O5S/c1-13(25)21-20-22-17(8-5-14-3-6-16(7-4-14)24(27)28)18(30-20)12-23-10-9-15(11-23)19(26)29-2/h3-8,15H,9-12H2,1-2H3,(H,21,22,25)/t15-/m0/s1. The second-order valence-electron chi connectivity index (χ2n) is 6.93. The quantitative estimate of drug-likeness (QED) is 0.407. The molecule has 0 aliphatic carbocycles. The first-order valence-corrected chi connectivity index (χ1v) is 10.2. The number of thiazole rings is 1. The minimum atomic E-state index is -0.441. The van der Waals surface area contributed by atoms with Crippen molar-refractivity contribution < 1.29 is 19.2 Å². The molecular formula is C20H22N4O5S. The van der Waals surface area contributed by atoms with Gasteiger partial charge in [0.2, 0.25) is 5.91 Å². The molecule has 10 heteroatoms.